The van der Waals surface area contributed by atoms with E-state index in [4.69, 9.17) is 5.11 Å². The van der Waals surface area contributed by atoms with Gasteiger partial charge in [-0.2, -0.15) is 0 Å². The molecular weight excluding hydrogens is 186 g/mol. The molecule has 1 atom stereocenters. The molecule has 0 saturated heterocycles. The normalized spacial score (nSPS) is 12.5. The molecule has 0 heterocycles. The summed E-state index contributed by atoms with van der Waals surface area (Å²) in [6.07, 6.45) is 3.56. The maximum absolute atomic E-state index is 8.92. The summed E-state index contributed by atoms with van der Waals surface area (Å²) in [6, 6.07) is 8.55. The summed E-state index contributed by atoms with van der Waals surface area (Å²) in [5, 5.41) is 12.4. The quantitative estimate of drug-likeness (QED) is 0.751. The lowest BCUT2D eigenvalue weighted by atomic mass is 10.1. The fraction of sp³-hybridized carbons (Fsp3) is 0.538. The lowest BCUT2D eigenvalue weighted by molar-refractivity contribution is 0.282. The molecular formula is C13H21NO. The van der Waals surface area contributed by atoms with Crippen molar-refractivity contribution in [3.05, 3.63) is 29.8 Å². The monoisotopic (exact) mass is 207 g/mol. The molecule has 1 rings (SSSR count). The summed E-state index contributed by atoms with van der Waals surface area (Å²) in [6.45, 7) is 4.53. The molecule has 1 unspecified atom stereocenters. The number of nitrogens with one attached hydrogen (secondary N) is 1. The topological polar surface area (TPSA) is 32.3 Å². The number of aliphatic hydroxyl groups is 1. The minimum absolute atomic E-state index is 0.118. The number of benzene rings is 1. The van der Waals surface area contributed by atoms with Crippen molar-refractivity contribution < 1.29 is 5.11 Å². The third kappa shape index (κ3) is 3.92. The van der Waals surface area contributed by atoms with E-state index >= 15 is 0 Å². The standard InChI is InChI=1S/C13H21NO/c1-3-5-12(4-2)14-13-8-6-11(10-15)7-9-13/h6-9,12,14-15H,3-5,10H2,1-2H3. The van der Waals surface area contributed by atoms with Crippen molar-refractivity contribution in [2.75, 3.05) is 5.32 Å². The highest BCUT2D eigenvalue weighted by Gasteiger charge is 2.03. The van der Waals surface area contributed by atoms with E-state index in [1.54, 1.807) is 0 Å². The molecule has 0 aromatic heterocycles. The number of anilines is 1. The van der Waals surface area contributed by atoms with Gasteiger partial charge in [0.05, 0.1) is 6.61 Å². The molecule has 0 amide bonds. The predicted molar refractivity (Wildman–Crippen MR) is 65.0 cm³/mol. The molecule has 0 aliphatic heterocycles. The Morgan fingerprint density at radius 1 is 1.20 bits per heavy atom. The molecule has 1 aromatic rings. The molecule has 0 aliphatic carbocycles. The second kappa shape index (κ2) is 6.46. The smallest absolute Gasteiger partial charge is 0.0681 e. The van der Waals surface area contributed by atoms with Crippen LogP contribution < -0.4 is 5.32 Å². The Hall–Kier alpha value is -1.02. The third-order valence-corrected chi connectivity index (χ3v) is 2.64. The second-order valence-corrected chi connectivity index (χ2v) is 3.89. The molecule has 84 valence electrons. The Morgan fingerprint density at radius 2 is 1.87 bits per heavy atom. The summed E-state index contributed by atoms with van der Waals surface area (Å²) in [5.74, 6) is 0. The average molecular weight is 207 g/mol. The zero-order valence-electron chi connectivity index (χ0n) is 9.66. The maximum Gasteiger partial charge on any atom is 0.0681 e. The maximum atomic E-state index is 8.92. The van der Waals surface area contributed by atoms with Crippen molar-refractivity contribution in [3.8, 4) is 0 Å². The van der Waals surface area contributed by atoms with E-state index in [2.05, 4.69) is 19.2 Å². The highest BCUT2D eigenvalue weighted by Crippen LogP contribution is 2.14. The van der Waals surface area contributed by atoms with Crippen LogP contribution in [0.15, 0.2) is 24.3 Å². The van der Waals surface area contributed by atoms with Gasteiger partial charge < -0.3 is 10.4 Å². The first-order valence-electron chi connectivity index (χ1n) is 5.76. The van der Waals surface area contributed by atoms with Gasteiger partial charge in [-0.3, -0.25) is 0 Å². The van der Waals surface area contributed by atoms with E-state index in [0.29, 0.717) is 6.04 Å². The fourth-order valence-electron chi connectivity index (χ4n) is 1.67. The van der Waals surface area contributed by atoms with Crippen LogP contribution in [0.2, 0.25) is 0 Å². The van der Waals surface area contributed by atoms with Gasteiger partial charge >= 0.3 is 0 Å². The molecule has 0 spiro atoms. The highest BCUT2D eigenvalue weighted by atomic mass is 16.3. The van der Waals surface area contributed by atoms with Gasteiger partial charge in [0, 0.05) is 11.7 Å². The minimum atomic E-state index is 0.118. The molecule has 0 saturated carbocycles. The van der Waals surface area contributed by atoms with Crippen LogP contribution in [0.25, 0.3) is 0 Å². The molecule has 2 nitrogen and oxygen atoms in total. The summed E-state index contributed by atoms with van der Waals surface area (Å²) in [7, 11) is 0. The van der Waals surface area contributed by atoms with Crippen LogP contribution in [0.5, 0.6) is 0 Å². The van der Waals surface area contributed by atoms with Crippen LogP contribution in [0.3, 0.4) is 0 Å². The molecule has 15 heavy (non-hydrogen) atoms. The zero-order chi connectivity index (χ0) is 11.1. The van der Waals surface area contributed by atoms with E-state index in [9.17, 15) is 0 Å². The van der Waals surface area contributed by atoms with Gasteiger partial charge in [0.25, 0.3) is 0 Å². The average Bonchev–Trinajstić information content (AvgIpc) is 2.29. The van der Waals surface area contributed by atoms with Gasteiger partial charge in [0.15, 0.2) is 0 Å². The highest BCUT2D eigenvalue weighted by molar-refractivity contribution is 5.45. The Balaban J connectivity index is 2.55. The van der Waals surface area contributed by atoms with E-state index in [0.717, 1.165) is 17.7 Å². The van der Waals surface area contributed by atoms with Gasteiger partial charge in [-0.15, -0.1) is 0 Å². The third-order valence-electron chi connectivity index (χ3n) is 2.64. The SMILES string of the molecule is CCCC(CC)Nc1ccc(CO)cc1. The van der Waals surface area contributed by atoms with Crippen molar-refractivity contribution >= 4 is 5.69 Å². The van der Waals surface area contributed by atoms with Crippen molar-refractivity contribution in [1.82, 2.24) is 0 Å². The van der Waals surface area contributed by atoms with Crippen molar-refractivity contribution in [1.29, 1.82) is 0 Å². The number of rotatable bonds is 6. The lowest BCUT2D eigenvalue weighted by Crippen LogP contribution is -2.17. The first kappa shape index (κ1) is 12.1. The van der Waals surface area contributed by atoms with E-state index in [1.807, 2.05) is 24.3 Å². The fourth-order valence-corrected chi connectivity index (χ4v) is 1.67. The first-order valence-corrected chi connectivity index (χ1v) is 5.76. The van der Waals surface area contributed by atoms with Crippen LogP contribution in [0, 0.1) is 0 Å². The van der Waals surface area contributed by atoms with E-state index < -0.39 is 0 Å². The van der Waals surface area contributed by atoms with Gasteiger partial charge in [-0.05, 0) is 30.5 Å². The van der Waals surface area contributed by atoms with Crippen LogP contribution in [-0.4, -0.2) is 11.1 Å². The van der Waals surface area contributed by atoms with Gasteiger partial charge in [-0.25, -0.2) is 0 Å². The molecule has 1 aromatic carbocycles. The van der Waals surface area contributed by atoms with Crippen LogP contribution in [0.4, 0.5) is 5.69 Å². The summed E-state index contributed by atoms with van der Waals surface area (Å²) in [4.78, 5) is 0. The Labute approximate surface area is 92.3 Å². The number of aliphatic hydroxyl groups excluding tert-OH is 1. The Bertz CT molecular complexity index is 268. The van der Waals surface area contributed by atoms with Crippen LogP contribution >= 0.6 is 0 Å². The number of hydrogen-bond donors (Lipinski definition) is 2. The Morgan fingerprint density at radius 3 is 2.33 bits per heavy atom. The summed E-state index contributed by atoms with van der Waals surface area (Å²) < 4.78 is 0. The van der Waals surface area contributed by atoms with Crippen LogP contribution in [-0.2, 0) is 6.61 Å². The van der Waals surface area contributed by atoms with Crippen molar-refractivity contribution in [2.45, 2.75) is 45.8 Å². The van der Waals surface area contributed by atoms with E-state index in [1.165, 1.54) is 12.8 Å². The summed E-state index contributed by atoms with van der Waals surface area (Å²) in [5.41, 5.74) is 2.11. The van der Waals surface area contributed by atoms with Crippen molar-refractivity contribution in [3.63, 3.8) is 0 Å². The molecule has 2 N–H and O–H groups in total. The summed E-state index contributed by atoms with van der Waals surface area (Å²) >= 11 is 0. The van der Waals surface area contributed by atoms with Gasteiger partial charge in [0.2, 0.25) is 0 Å². The van der Waals surface area contributed by atoms with Crippen molar-refractivity contribution in [2.24, 2.45) is 0 Å². The van der Waals surface area contributed by atoms with Gasteiger partial charge in [0.1, 0.15) is 0 Å². The van der Waals surface area contributed by atoms with Crippen LogP contribution in [0.1, 0.15) is 38.7 Å². The van der Waals surface area contributed by atoms with E-state index in [-0.39, 0.29) is 6.61 Å². The largest absolute Gasteiger partial charge is 0.392 e. The molecule has 0 bridgehead atoms. The zero-order valence-corrected chi connectivity index (χ0v) is 9.66. The predicted octanol–water partition coefficient (Wildman–Crippen LogP) is 3.17. The molecule has 0 aliphatic rings. The molecule has 0 fully saturated rings. The second-order valence-electron chi connectivity index (χ2n) is 3.89. The first-order chi connectivity index (χ1) is 7.30. The lowest BCUT2D eigenvalue weighted by Gasteiger charge is -2.17. The number of hydrogen-bond acceptors (Lipinski definition) is 2. The van der Waals surface area contributed by atoms with Gasteiger partial charge in [-0.1, -0.05) is 32.4 Å². The Kier molecular flexibility index (Phi) is 5.19. The minimum Gasteiger partial charge on any atom is -0.392 e. The molecule has 2 heteroatoms. The molecule has 0 radical (unpaired) electrons.